The van der Waals surface area contributed by atoms with E-state index in [1.54, 1.807) is 35.4 Å². The number of hydrogen-bond acceptors (Lipinski definition) is 5. The van der Waals surface area contributed by atoms with Crippen LogP contribution in [0.1, 0.15) is 36.2 Å². The molecule has 0 bridgehead atoms. The fourth-order valence-electron chi connectivity index (χ4n) is 3.62. The minimum atomic E-state index is -1.38. The van der Waals surface area contributed by atoms with Crippen LogP contribution >= 0.6 is 0 Å². The molecule has 162 valence electrons. The lowest BCUT2D eigenvalue weighted by atomic mass is 10.1. The molecule has 1 aliphatic heterocycles. The number of rotatable bonds is 6. The number of benzene rings is 1. The minimum absolute atomic E-state index is 0.136. The summed E-state index contributed by atoms with van der Waals surface area (Å²) in [5, 5.41) is 12.8. The summed E-state index contributed by atoms with van der Waals surface area (Å²) in [6.07, 6.45) is 6.08. The molecule has 3 heterocycles. The summed E-state index contributed by atoms with van der Waals surface area (Å²) in [6, 6.07) is 10.8. The van der Waals surface area contributed by atoms with Crippen LogP contribution < -0.4 is 10.1 Å². The van der Waals surface area contributed by atoms with Crippen molar-refractivity contribution in [3.8, 4) is 5.75 Å². The Morgan fingerprint density at radius 1 is 1.23 bits per heavy atom. The van der Waals surface area contributed by atoms with Crippen LogP contribution in [0.4, 0.5) is 0 Å². The molecule has 31 heavy (non-hydrogen) atoms. The molecule has 2 aromatic heterocycles. The summed E-state index contributed by atoms with van der Waals surface area (Å²) < 4.78 is 7.86. The Bertz CT molecular complexity index is 1080. The Morgan fingerprint density at radius 3 is 2.74 bits per heavy atom. The summed E-state index contributed by atoms with van der Waals surface area (Å²) in [5.41, 5.74) is 0.967. The number of nitrogens with zero attached hydrogens (tertiary/aromatic N) is 3. The van der Waals surface area contributed by atoms with Crippen LogP contribution in [0.25, 0.3) is 5.65 Å². The Balaban J connectivity index is 1.29. The van der Waals surface area contributed by atoms with E-state index in [1.165, 1.54) is 13.8 Å². The van der Waals surface area contributed by atoms with Gasteiger partial charge in [-0.3, -0.25) is 9.59 Å². The predicted molar refractivity (Wildman–Crippen MR) is 115 cm³/mol. The highest BCUT2D eigenvalue weighted by molar-refractivity contribution is 5.94. The number of fused-ring (bicyclic) bond motifs is 1. The molecule has 0 radical (unpaired) electrons. The molecule has 1 atom stereocenters. The molecule has 0 aliphatic carbocycles. The number of nitrogens with one attached hydrogen (secondary N) is 1. The van der Waals surface area contributed by atoms with Crippen LogP contribution in [-0.2, 0) is 11.3 Å². The summed E-state index contributed by atoms with van der Waals surface area (Å²) in [5.74, 6) is 0.180. The average molecular weight is 422 g/mol. The smallest absolute Gasteiger partial charge is 0.254 e. The molecule has 8 nitrogen and oxygen atoms in total. The molecule has 1 unspecified atom stereocenters. The van der Waals surface area contributed by atoms with Crippen molar-refractivity contribution in [1.82, 2.24) is 19.6 Å². The number of carbonyl (C=O) groups is 2. The van der Waals surface area contributed by atoms with E-state index in [-0.39, 0.29) is 17.9 Å². The number of imidazole rings is 1. The number of ether oxygens (including phenoxy) is 1. The molecule has 0 spiro atoms. The van der Waals surface area contributed by atoms with Gasteiger partial charge < -0.3 is 24.5 Å². The van der Waals surface area contributed by atoms with Crippen LogP contribution in [0.2, 0.25) is 0 Å². The van der Waals surface area contributed by atoms with Gasteiger partial charge in [0, 0.05) is 43.7 Å². The van der Waals surface area contributed by atoms with Gasteiger partial charge in [-0.1, -0.05) is 0 Å². The summed E-state index contributed by atoms with van der Waals surface area (Å²) in [7, 11) is 0. The molecule has 1 aliphatic rings. The van der Waals surface area contributed by atoms with Crippen molar-refractivity contribution in [1.29, 1.82) is 0 Å². The lowest BCUT2D eigenvalue weighted by Gasteiger charge is -2.24. The van der Waals surface area contributed by atoms with E-state index >= 15 is 0 Å². The third-order valence-electron chi connectivity index (χ3n) is 5.29. The second-order valence-corrected chi connectivity index (χ2v) is 8.27. The Labute approximate surface area is 180 Å². The van der Waals surface area contributed by atoms with E-state index in [1.807, 2.05) is 28.9 Å². The Hall–Kier alpha value is -3.39. The number of aromatic nitrogens is 2. The second kappa shape index (κ2) is 8.39. The quantitative estimate of drug-likeness (QED) is 0.634. The molecule has 3 aromatic rings. The highest BCUT2D eigenvalue weighted by Gasteiger charge is 2.35. The van der Waals surface area contributed by atoms with Gasteiger partial charge in [0.25, 0.3) is 11.8 Å². The standard InChI is InChI=1S/C23H26N4O4/c1-23(2,30)22(29)27-11-8-19(15-27)31-18-5-3-17(4-6-18)21(28)25-14-16-7-10-26-12-9-24-20(26)13-16/h3-7,9-10,12-13,19,30H,8,11,14-15H2,1-2H3,(H,25,28). The molecular weight excluding hydrogens is 396 g/mol. The second-order valence-electron chi connectivity index (χ2n) is 8.27. The van der Waals surface area contributed by atoms with Gasteiger partial charge in [0.1, 0.15) is 23.1 Å². The SMILES string of the molecule is CC(C)(O)C(=O)N1CCC(Oc2ccc(C(=O)NCc3ccn4ccnc4c3)cc2)C1. The molecule has 8 heteroatoms. The predicted octanol–water partition coefficient (Wildman–Crippen LogP) is 2.01. The molecule has 0 saturated carbocycles. The Morgan fingerprint density at radius 2 is 2.00 bits per heavy atom. The van der Waals surface area contributed by atoms with Crippen LogP contribution in [0, 0.1) is 0 Å². The third-order valence-corrected chi connectivity index (χ3v) is 5.29. The molecule has 1 fully saturated rings. The molecule has 1 saturated heterocycles. The van der Waals surface area contributed by atoms with Gasteiger partial charge in [-0.25, -0.2) is 4.98 Å². The first-order valence-electron chi connectivity index (χ1n) is 10.3. The van der Waals surface area contributed by atoms with Crippen LogP contribution in [-0.4, -0.2) is 56.0 Å². The van der Waals surface area contributed by atoms with Crippen molar-refractivity contribution in [2.45, 2.75) is 38.5 Å². The van der Waals surface area contributed by atoms with Crippen LogP contribution in [0.15, 0.2) is 55.0 Å². The van der Waals surface area contributed by atoms with Crippen molar-refractivity contribution in [3.63, 3.8) is 0 Å². The van der Waals surface area contributed by atoms with Gasteiger partial charge in [0.05, 0.1) is 6.54 Å². The fourth-order valence-corrected chi connectivity index (χ4v) is 3.62. The van der Waals surface area contributed by atoms with E-state index in [0.717, 1.165) is 11.2 Å². The summed E-state index contributed by atoms with van der Waals surface area (Å²) in [6.45, 7) is 4.38. The molecular formula is C23H26N4O4. The molecule has 2 N–H and O–H groups in total. The van der Waals surface area contributed by atoms with Crippen molar-refractivity contribution < 1.29 is 19.4 Å². The lowest BCUT2D eigenvalue weighted by Crippen LogP contribution is -2.44. The maximum Gasteiger partial charge on any atom is 0.254 e. The number of hydrogen-bond donors (Lipinski definition) is 2. The van der Waals surface area contributed by atoms with E-state index < -0.39 is 5.60 Å². The highest BCUT2D eigenvalue weighted by Crippen LogP contribution is 2.21. The number of carbonyl (C=O) groups excluding carboxylic acids is 2. The normalized spacial score (nSPS) is 16.5. The number of likely N-dealkylation sites (tertiary alicyclic amines) is 1. The summed E-state index contributed by atoms with van der Waals surface area (Å²) >= 11 is 0. The molecule has 1 aromatic carbocycles. The van der Waals surface area contributed by atoms with Gasteiger partial charge >= 0.3 is 0 Å². The first kappa shape index (κ1) is 20.9. The van der Waals surface area contributed by atoms with Gasteiger partial charge in [0.2, 0.25) is 0 Å². The molecule has 2 amide bonds. The van der Waals surface area contributed by atoms with Crippen molar-refractivity contribution in [2.24, 2.45) is 0 Å². The number of aliphatic hydroxyl groups is 1. The zero-order valence-corrected chi connectivity index (χ0v) is 17.6. The minimum Gasteiger partial charge on any atom is -0.489 e. The lowest BCUT2D eigenvalue weighted by molar-refractivity contribution is -0.146. The fraction of sp³-hybridized carbons (Fsp3) is 0.348. The van der Waals surface area contributed by atoms with Gasteiger partial charge in [-0.15, -0.1) is 0 Å². The van der Waals surface area contributed by atoms with Crippen molar-refractivity contribution in [2.75, 3.05) is 13.1 Å². The van der Waals surface area contributed by atoms with Crippen molar-refractivity contribution in [3.05, 3.63) is 66.1 Å². The number of pyridine rings is 1. The average Bonchev–Trinajstić information content (AvgIpc) is 3.40. The highest BCUT2D eigenvalue weighted by atomic mass is 16.5. The van der Waals surface area contributed by atoms with E-state index in [2.05, 4.69) is 10.3 Å². The first-order chi connectivity index (χ1) is 14.8. The van der Waals surface area contributed by atoms with E-state index in [9.17, 15) is 14.7 Å². The maximum atomic E-state index is 12.5. The van der Waals surface area contributed by atoms with Gasteiger partial charge in [-0.05, 0) is 55.8 Å². The Kier molecular flexibility index (Phi) is 5.65. The zero-order valence-electron chi connectivity index (χ0n) is 17.6. The maximum absolute atomic E-state index is 12.5. The zero-order chi connectivity index (χ0) is 22.0. The van der Waals surface area contributed by atoms with Crippen LogP contribution in [0.3, 0.4) is 0 Å². The topological polar surface area (TPSA) is 96.2 Å². The number of amides is 2. The summed E-state index contributed by atoms with van der Waals surface area (Å²) in [4.78, 5) is 30.5. The first-order valence-corrected chi connectivity index (χ1v) is 10.3. The monoisotopic (exact) mass is 422 g/mol. The molecule has 4 rings (SSSR count). The van der Waals surface area contributed by atoms with Crippen LogP contribution in [0.5, 0.6) is 5.75 Å². The largest absolute Gasteiger partial charge is 0.489 e. The third kappa shape index (κ3) is 4.86. The van der Waals surface area contributed by atoms with E-state index in [0.29, 0.717) is 37.4 Å². The van der Waals surface area contributed by atoms with Gasteiger partial charge in [-0.2, -0.15) is 0 Å². The van der Waals surface area contributed by atoms with E-state index in [4.69, 9.17) is 4.74 Å². The van der Waals surface area contributed by atoms with Gasteiger partial charge in [0.15, 0.2) is 0 Å². The van der Waals surface area contributed by atoms with Crippen molar-refractivity contribution >= 4 is 17.5 Å².